The van der Waals surface area contributed by atoms with E-state index in [9.17, 15) is 0 Å². The van der Waals surface area contributed by atoms with Crippen LogP contribution in [-0.2, 0) is 0 Å². The molecule has 1 aliphatic rings. The zero-order valence-corrected chi connectivity index (χ0v) is 11.9. The lowest BCUT2D eigenvalue weighted by atomic mass is 10.3. The second kappa shape index (κ2) is 7.69. The van der Waals surface area contributed by atoms with Gasteiger partial charge in [-0.3, -0.25) is 9.98 Å². The van der Waals surface area contributed by atoms with Crippen molar-refractivity contribution in [3.05, 3.63) is 23.5 Å². The van der Waals surface area contributed by atoms with Crippen LogP contribution in [0.5, 0.6) is 0 Å². The highest BCUT2D eigenvalue weighted by Gasteiger charge is 1.94. The Hall–Kier alpha value is -1.58. The van der Waals surface area contributed by atoms with Crippen LogP contribution in [0, 0.1) is 0 Å². The molecule has 0 spiro atoms. The van der Waals surface area contributed by atoms with E-state index in [4.69, 9.17) is 0 Å². The first-order valence-electron chi connectivity index (χ1n) is 6.44. The SMILES string of the molecule is CC1=NCCN/C(C)=C/C(C)=NCCN/C(C)=C/1. The Labute approximate surface area is 110 Å². The number of nitrogens with zero attached hydrogens (tertiary/aromatic N) is 2. The minimum Gasteiger partial charge on any atom is -0.387 e. The third-order valence-corrected chi connectivity index (χ3v) is 2.60. The van der Waals surface area contributed by atoms with Crippen LogP contribution < -0.4 is 10.6 Å². The molecular weight excluding hydrogens is 224 g/mol. The summed E-state index contributed by atoms with van der Waals surface area (Å²) in [7, 11) is 0. The first-order valence-corrected chi connectivity index (χ1v) is 6.44. The molecule has 0 fully saturated rings. The van der Waals surface area contributed by atoms with E-state index in [-0.39, 0.29) is 0 Å². The van der Waals surface area contributed by atoms with Gasteiger partial charge in [0, 0.05) is 35.9 Å². The van der Waals surface area contributed by atoms with E-state index in [1.807, 2.05) is 13.8 Å². The van der Waals surface area contributed by atoms with Gasteiger partial charge in [-0.1, -0.05) is 0 Å². The lowest BCUT2D eigenvalue weighted by Crippen LogP contribution is -2.19. The molecule has 0 aromatic rings. The average Bonchev–Trinajstić information content (AvgIpc) is 2.29. The Bertz CT molecular complexity index is 351. The first kappa shape index (κ1) is 14.5. The molecular formula is C14H24N4. The molecule has 0 radical (unpaired) electrons. The maximum Gasteiger partial charge on any atom is 0.0565 e. The highest BCUT2D eigenvalue weighted by atomic mass is 14.9. The first-order chi connectivity index (χ1) is 8.58. The Morgan fingerprint density at radius 3 is 1.56 bits per heavy atom. The quantitative estimate of drug-likeness (QED) is 0.688. The van der Waals surface area contributed by atoms with Crippen molar-refractivity contribution in [1.29, 1.82) is 0 Å². The van der Waals surface area contributed by atoms with Gasteiger partial charge in [-0.2, -0.15) is 0 Å². The van der Waals surface area contributed by atoms with Gasteiger partial charge in [0.25, 0.3) is 0 Å². The third kappa shape index (κ3) is 6.23. The highest BCUT2D eigenvalue weighted by molar-refractivity contribution is 5.93. The van der Waals surface area contributed by atoms with E-state index < -0.39 is 0 Å². The second-order valence-electron chi connectivity index (χ2n) is 4.55. The third-order valence-electron chi connectivity index (χ3n) is 2.60. The number of hydrogen-bond donors (Lipinski definition) is 2. The molecule has 4 nitrogen and oxygen atoms in total. The minimum atomic E-state index is 0.789. The number of rotatable bonds is 0. The summed E-state index contributed by atoms with van der Waals surface area (Å²) in [5.74, 6) is 0. The molecule has 0 atom stereocenters. The van der Waals surface area contributed by atoms with Crippen LogP contribution in [0.15, 0.2) is 33.5 Å². The predicted molar refractivity (Wildman–Crippen MR) is 79.5 cm³/mol. The smallest absolute Gasteiger partial charge is 0.0565 e. The van der Waals surface area contributed by atoms with Crippen LogP contribution in [0.25, 0.3) is 0 Å². The normalized spacial score (nSPS) is 25.1. The van der Waals surface area contributed by atoms with Gasteiger partial charge < -0.3 is 10.6 Å². The molecule has 0 aromatic carbocycles. The van der Waals surface area contributed by atoms with Gasteiger partial charge >= 0.3 is 0 Å². The van der Waals surface area contributed by atoms with Gasteiger partial charge in [-0.25, -0.2) is 0 Å². The molecule has 0 amide bonds. The van der Waals surface area contributed by atoms with Crippen LogP contribution in [0.1, 0.15) is 27.7 Å². The number of allylic oxidation sites excluding steroid dienone is 4. The fourth-order valence-corrected chi connectivity index (χ4v) is 1.79. The minimum absolute atomic E-state index is 0.789. The summed E-state index contributed by atoms with van der Waals surface area (Å²) in [5, 5.41) is 6.67. The summed E-state index contributed by atoms with van der Waals surface area (Å²) in [6, 6.07) is 0. The Morgan fingerprint density at radius 1 is 0.778 bits per heavy atom. The molecule has 0 unspecified atom stereocenters. The molecule has 0 saturated carbocycles. The van der Waals surface area contributed by atoms with Crippen molar-refractivity contribution < 1.29 is 0 Å². The van der Waals surface area contributed by atoms with Gasteiger partial charge in [0.15, 0.2) is 0 Å². The monoisotopic (exact) mass is 248 g/mol. The molecule has 0 saturated heterocycles. The fraction of sp³-hybridized carbons (Fsp3) is 0.571. The highest BCUT2D eigenvalue weighted by Crippen LogP contribution is 1.93. The maximum atomic E-state index is 4.50. The van der Waals surface area contributed by atoms with Crippen LogP contribution in [0.3, 0.4) is 0 Å². The standard InChI is InChI=1S/C14H24N4/c1-11-9-12(2)16-7-8-18-14(4)10-13(3)17-6-5-15-11/h9-10,15,18H,5-8H2,1-4H3/b11-9+,14-10+,16-12?,17-13?. The summed E-state index contributed by atoms with van der Waals surface area (Å²) in [4.78, 5) is 8.99. The van der Waals surface area contributed by atoms with Crippen molar-refractivity contribution >= 4 is 11.4 Å². The Balaban J connectivity index is 2.72. The van der Waals surface area contributed by atoms with Gasteiger partial charge in [0.1, 0.15) is 0 Å². The van der Waals surface area contributed by atoms with E-state index >= 15 is 0 Å². The molecule has 0 aliphatic carbocycles. The summed E-state index contributed by atoms with van der Waals surface area (Å²) in [6.07, 6.45) is 4.15. The number of hydrogen-bond acceptors (Lipinski definition) is 4. The van der Waals surface area contributed by atoms with Crippen molar-refractivity contribution in [1.82, 2.24) is 10.6 Å². The zero-order valence-electron chi connectivity index (χ0n) is 11.9. The molecule has 2 N–H and O–H groups in total. The summed E-state index contributed by atoms with van der Waals surface area (Å²) >= 11 is 0. The molecule has 1 rings (SSSR count). The molecule has 1 heterocycles. The molecule has 0 bridgehead atoms. The molecule has 100 valence electrons. The Morgan fingerprint density at radius 2 is 1.17 bits per heavy atom. The van der Waals surface area contributed by atoms with Crippen molar-refractivity contribution in [2.24, 2.45) is 9.98 Å². The van der Waals surface area contributed by atoms with Gasteiger partial charge in [0.05, 0.1) is 13.1 Å². The van der Waals surface area contributed by atoms with Crippen LogP contribution in [-0.4, -0.2) is 37.6 Å². The van der Waals surface area contributed by atoms with Crippen LogP contribution in [0.4, 0.5) is 0 Å². The lowest BCUT2D eigenvalue weighted by molar-refractivity contribution is 0.790. The van der Waals surface area contributed by atoms with Crippen LogP contribution in [0.2, 0.25) is 0 Å². The fourth-order valence-electron chi connectivity index (χ4n) is 1.79. The van der Waals surface area contributed by atoms with E-state index in [2.05, 4.69) is 46.6 Å². The maximum absolute atomic E-state index is 4.50. The largest absolute Gasteiger partial charge is 0.387 e. The second-order valence-corrected chi connectivity index (χ2v) is 4.55. The van der Waals surface area contributed by atoms with E-state index in [1.165, 1.54) is 0 Å². The lowest BCUT2D eigenvalue weighted by Gasteiger charge is -2.08. The molecule has 0 aromatic heterocycles. The summed E-state index contributed by atoms with van der Waals surface area (Å²) in [5.41, 5.74) is 4.39. The van der Waals surface area contributed by atoms with E-state index in [0.717, 1.165) is 49.0 Å². The van der Waals surface area contributed by atoms with Crippen molar-refractivity contribution in [2.45, 2.75) is 27.7 Å². The van der Waals surface area contributed by atoms with Gasteiger partial charge in [-0.05, 0) is 39.8 Å². The summed E-state index contributed by atoms with van der Waals surface area (Å²) in [6.45, 7) is 11.5. The number of aliphatic imine (C=N–C) groups is 2. The van der Waals surface area contributed by atoms with E-state index in [1.54, 1.807) is 0 Å². The topological polar surface area (TPSA) is 48.8 Å². The number of nitrogens with one attached hydrogen (secondary N) is 2. The predicted octanol–water partition coefficient (Wildman–Crippen LogP) is 1.91. The molecule has 4 heteroatoms. The van der Waals surface area contributed by atoms with Crippen LogP contribution >= 0.6 is 0 Å². The summed E-state index contributed by atoms with van der Waals surface area (Å²) < 4.78 is 0. The van der Waals surface area contributed by atoms with Crippen molar-refractivity contribution in [2.75, 3.05) is 26.2 Å². The Kier molecular flexibility index (Phi) is 6.19. The molecule has 1 aliphatic heterocycles. The molecule has 18 heavy (non-hydrogen) atoms. The van der Waals surface area contributed by atoms with Crippen molar-refractivity contribution in [3.63, 3.8) is 0 Å². The van der Waals surface area contributed by atoms with Gasteiger partial charge in [0.2, 0.25) is 0 Å². The van der Waals surface area contributed by atoms with Gasteiger partial charge in [-0.15, -0.1) is 0 Å². The average molecular weight is 248 g/mol. The zero-order chi connectivity index (χ0) is 13.4. The van der Waals surface area contributed by atoms with Crippen molar-refractivity contribution in [3.8, 4) is 0 Å². The van der Waals surface area contributed by atoms with E-state index in [0.29, 0.717) is 0 Å².